The van der Waals surface area contributed by atoms with Gasteiger partial charge in [0.25, 0.3) is 0 Å². The minimum Gasteiger partial charge on any atom is -0.481 e. The highest BCUT2D eigenvalue weighted by atomic mass is 16.4. The van der Waals surface area contributed by atoms with E-state index in [2.05, 4.69) is 10.6 Å². The molecule has 0 aromatic rings. The number of carbonyl (C=O) groups excluding carboxylic acids is 3. The normalized spacial score (nSPS) is 12.6. The van der Waals surface area contributed by atoms with Gasteiger partial charge in [-0.15, -0.1) is 0 Å². The van der Waals surface area contributed by atoms with Gasteiger partial charge in [0.1, 0.15) is 12.1 Å². The molecule has 0 spiro atoms. The first-order chi connectivity index (χ1) is 10.2. The largest absolute Gasteiger partial charge is 0.481 e. The lowest BCUT2D eigenvalue weighted by Crippen LogP contribution is -2.52. The molecule has 124 valence electrons. The maximum Gasteiger partial charge on any atom is 0.326 e. The highest BCUT2D eigenvalue weighted by Crippen LogP contribution is 1.94. The highest BCUT2D eigenvalue weighted by Gasteiger charge is 2.25. The second kappa shape index (κ2) is 9.28. The number of hydrogen-bond acceptors (Lipinski definition) is 6. The van der Waals surface area contributed by atoms with E-state index in [0.29, 0.717) is 0 Å². The lowest BCUT2D eigenvalue weighted by molar-refractivity contribution is -0.147. The van der Waals surface area contributed by atoms with Crippen LogP contribution in [-0.4, -0.2) is 65.0 Å². The third-order valence-electron chi connectivity index (χ3n) is 2.40. The summed E-state index contributed by atoms with van der Waals surface area (Å²) in [5.41, 5.74) is 5.02. The summed E-state index contributed by atoms with van der Waals surface area (Å²) in [5, 5.41) is 23.7. The van der Waals surface area contributed by atoms with Crippen molar-refractivity contribution in [2.24, 2.45) is 5.73 Å². The fourth-order valence-corrected chi connectivity index (χ4v) is 1.28. The third-order valence-corrected chi connectivity index (χ3v) is 2.40. The minimum absolute atomic E-state index is 0.293. The van der Waals surface area contributed by atoms with Crippen molar-refractivity contribution in [3.05, 3.63) is 0 Å². The van der Waals surface area contributed by atoms with Crippen molar-refractivity contribution in [2.45, 2.75) is 25.4 Å². The number of carboxylic acid groups (broad SMARTS) is 2. The maximum absolute atomic E-state index is 11.7. The quantitative estimate of drug-likeness (QED) is 0.254. The van der Waals surface area contributed by atoms with Gasteiger partial charge in [-0.05, 0) is 6.92 Å². The molecule has 0 heterocycles. The smallest absolute Gasteiger partial charge is 0.326 e. The second-order valence-corrected chi connectivity index (χ2v) is 4.27. The highest BCUT2D eigenvalue weighted by molar-refractivity contribution is 5.92. The molecule has 3 amide bonds. The predicted octanol–water partition coefficient (Wildman–Crippen LogP) is -3.39. The van der Waals surface area contributed by atoms with Gasteiger partial charge in [0.05, 0.1) is 19.5 Å². The zero-order valence-corrected chi connectivity index (χ0v) is 11.8. The number of amides is 3. The van der Waals surface area contributed by atoms with Crippen LogP contribution in [0.3, 0.4) is 0 Å². The molecule has 22 heavy (non-hydrogen) atoms. The molecule has 0 aliphatic heterocycles. The van der Waals surface area contributed by atoms with Crippen molar-refractivity contribution in [3.8, 4) is 0 Å². The van der Waals surface area contributed by atoms with Gasteiger partial charge in [0.15, 0.2) is 0 Å². The van der Waals surface area contributed by atoms with Gasteiger partial charge in [-0.2, -0.15) is 0 Å². The van der Waals surface area contributed by atoms with Crippen molar-refractivity contribution < 1.29 is 34.2 Å². The summed E-state index contributed by atoms with van der Waals surface area (Å²) in [4.78, 5) is 55.2. The Morgan fingerprint density at radius 2 is 1.64 bits per heavy atom. The van der Waals surface area contributed by atoms with Crippen molar-refractivity contribution in [2.75, 3.05) is 13.1 Å². The maximum atomic E-state index is 11.7. The molecule has 2 unspecified atom stereocenters. The first-order valence-electron chi connectivity index (χ1n) is 6.18. The minimum atomic E-state index is -1.61. The van der Waals surface area contributed by atoms with Crippen LogP contribution in [0, 0.1) is 0 Å². The summed E-state index contributed by atoms with van der Waals surface area (Å²) in [6.45, 7) is 0.585. The summed E-state index contributed by atoms with van der Waals surface area (Å²) in [5.74, 6) is -5.01. The number of nitrogens with one attached hydrogen (secondary N) is 3. The molecule has 0 aromatic carbocycles. The number of hydrogen-bond donors (Lipinski definition) is 6. The van der Waals surface area contributed by atoms with E-state index in [0.717, 1.165) is 0 Å². The monoisotopic (exact) mass is 318 g/mol. The zero-order chi connectivity index (χ0) is 17.3. The van der Waals surface area contributed by atoms with E-state index in [1.165, 1.54) is 6.92 Å². The summed E-state index contributed by atoms with van der Waals surface area (Å²) >= 11 is 0. The standard InChI is InChI=1S/C11H18N4O7/c1-5(14-8(17)4-13-7(16)3-12)10(20)15-6(11(21)22)2-9(18)19/h5-6H,2-4,12H2,1H3,(H,13,16)(H,14,17)(H,15,20)(H,18,19)(H,21,22). The van der Waals surface area contributed by atoms with E-state index < -0.39 is 54.7 Å². The lowest BCUT2D eigenvalue weighted by atomic mass is 10.2. The number of nitrogens with two attached hydrogens (primary N) is 1. The number of carboxylic acids is 2. The average molecular weight is 318 g/mol. The number of carbonyl (C=O) groups is 5. The Hall–Kier alpha value is -2.69. The van der Waals surface area contributed by atoms with E-state index >= 15 is 0 Å². The van der Waals surface area contributed by atoms with Crippen molar-refractivity contribution in [1.29, 1.82) is 0 Å². The van der Waals surface area contributed by atoms with E-state index in [4.69, 9.17) is 15.9 Å². The van der Waals surface area contributed by atoms with E-state index in [1.54, 1.807) is 0 Å². The van der Waals surface area contributed by atoms with Crippen LogP contribution in [0.15, 0.2) is 0 Å². The number of aliphatic carboxylic acids is 2. The fourth-order valence-electron chi connectivity index (χ4n) is 1.28. The van der Waals surface area contributed by atoms with Crippen molar-refractivity contribution in [1.82, 2.24) is 16.0 Å². The molecule has 2 atom stereocenters. The molecule has 0 aliphatic rings. The Kier molecular flexibility index (Phi) is 8.15. The van der Waals surface area contributed by atoms with Gasteiger partial charge in [0.2, 0.25) is 17.7 Å². The Morgan fingerprint density at radius 3 is 2.09 bits per heavy atom. The van der Waals surface area contributed by atoms with Gasteiger partial charge in [-0.3, -0.25) is 19.2 Å². The Balaban J connectivity index is 4.40. The molecule has 0 aromatic heterocycles. The van der Waals surface area contributed by atoms with Gasteiger partial charge in [-0.1, -0.05) is 0 Å². The Labute approximate surface area is 125 Å². The molecular weight excluding hydrogens is 300 g/mol. The molecule has 0 fully saturated rings. The van der Waals surface area contributed by atoms with Crippen LogP contribution in [0.5, 0.6) is 0 Å². The van der Waals surface area contributed by atoms with Crippen LogP contribution in [0.2, 0.25) is 0 Å². The van der Waals surface area contributed by atoms with Crippen LogP contribution in [-0.2, 0) is 24.0 Å². The molecule has 7 N–H and O–H groups in total. The SMILES string of the molecule is CC(NC(=O)CNC(=O)CN)C(=O)NC(CC(=O)O)C(=O)O. The second-order valence-electron chi connectivity index (χ2n) is 4.27. The van der Waals surface area contributed by atoms with Crippen molar-refractivity contribution in [3.63, 3.8) is 0 Å². The summed E-state index contributed by atoms with van der Waals surface area (Å²) < 4.78 is 0. The van der Waals surface area contributed by atoms with Gasteiger partial charge >= 0.3 is 11.9 Å². The van der Waals surface area contributed by atoms with Gasteiger partial charge < -0.3 is 31.9 Å². The fraction of sp³-hybridized carbons (Fsp3) is 0.545. The Morgan fingerprint density at radius 1 is 1.05 bits per heavy atom. The van der Waals surface area contributed by atoms with Gasteiger partial charge in [0, 0.05) is 0 Å². The molecule has 11 heteroatoms. The predicted molar refractivity (Wildman–Crippen MR) is 71.5 cm³/mol. The van der Waals surface area contributed by atoms with Crippen LogP contribution in [0.4, 0.5) is 0 Å². The third kappa shape index (κ3) is 7.79. The first-order valence-corrected chi connectivity index (χ1v) is 6.18. The van der Waals surface area contributed by atoms with Crippen LogP contribution in [0.25, 0.3) is 0 Å². The van der Waals surface area contributed by atoms with Crippen molar-refractivity contribution >= 4 is 29.7 Å². The first kappa shape index (κ1) is 19.3. The average Bonchev–Trinajstić information content (AvgIpc) is 2.43. The van der Waals surface area contributed by atoms with E-state index in [1.807, 2.05) is 5.32 Å². The molecule has 0 bridgehead atoms. The van der Waals surface area contributed by atoms with Crippen LogP contribution in [0.1, 0.15) is 13.3 Å². The lowest BCUT2D eigenvalue weighted by Gasteiger charge is -2.17. The Bertz CT molecular complexity index is 465. The van der Waals surface area contributed by atoms with Crippen LogP contribution < -0.4 is 21.7 Å². The molecule has 11 nitrogen and oxygen atoms in total. The number of rotatable bonds is 9. The molecule has 0 saturated carbocycles. The summed E-state index contributed by atoms with van der Waals surface area (Å²) in [6.07, 6.45) is -0.797. The molecular formula is C11H18N4O7. The molecule has 0 aliphatic carbocycles. The summed E-state index contributed by atoms with van der Waals surface area (Å²) in [6, 6.07) is -2.72. The topological polar surface area (TPSA) is 188 Å². The van der Waals surface area contributed by atoms with E-state index in [9.17, 15) is 24.0 Å². The molecule has 0 rings (SSSR count). The molecule has 0 saturated heterocycles. The van der Waals surface area contributed by atoms with Crippen LogP contribution >= 0.6 is 0 Å². The van der Waals surface area contributed by atoms with E-state index in [-0.39, 0.29) is 6.54 Å². The summed E-state index contributed by atoms with van der Waals surface area (Å²) in [7, 11) is 0. The zero-order valence-electron chi connectivity index (χ0n) is 11.8. The van der Waals surface area contributed by atoms with Gasteiger partial charge in [-0.25, -0.2) is 4.79 Å². The molecule has 0 radical (unpaired) electrons.